The molecular weight excluding hydrogens is 1610 g/mol. The van der Waals surface area contributed by atoms with Gasteiger partial charge in [-0.15, -0.1) is 23.5 Å². The standard InChI is InChI=1S/C86H146N16O18S2/c1-11-17-25-37-59-77(111)89-57(9)75(109)95-63(41-29-21-15-5)81(115)99-65(83(117)97-61(39-27-19-13-3)79(113)91-55(7)73(107)93-59)43-31-33-47-87-69(103)45-51-121-67-53-71(105)101(85(67)119)49-35-23-24-36-50-102-72(106)54-68(86(102)120)122-52-46-70(104)88-48-34-32-44-66-84(118)98-62(40-28-20-14-4)80(114)92-56(8)74(108)94-60(38-26-18-12-2)78(112)90-58(10)76(110)96-64(82(116)100-66)42-30-22-16-6/h55-68H,11-54H2,1-10H3,(H,87,103)(H,88,104)(H,89,111)(H,90,112)(H,91,113)(H,92,114)(H,93,107)(H,94,108)(H,95,109)(H,96,110)(H,97,117)(H,98,118)(H,99,115)(H,100,116)/t55-,56-,57-,58-,59+,60+,61+,62+,63+,64+,65-,66-,67?,68?/m0/s1. The molecular formula is C86H146N16O18S2. The Bertz CT molecular complexity index is 3200. The maximum atomic E-state index is 14.3. The first-order chi connectivity index (χ1) is 58.4. The van der Waals surface area contributed by atoms with E-state index in [-0.39, 0.29) is 150 Å². The van der Waals surface area contributed by atoms with Crippen molar-refractivity contribution in [3.63, 3.8) is 0 Å². The van der Waals surface area contributed by atoms with Crippen molar-refractivity contribution in [2.75, 3.05) is 37.7 Å². The normalized spacial score (nSPS) is 25.0. The first-order valence-electron chi connectivity index (χ1n) is 45.5. The van der Waals surface area contributed by atoms with E-state index in [2.05, 4.69) is 74.4 Å². The first kappa shape index (κ1) is 106. The largest absolute Gasteiger partial charge is 0.356 e. The Morgan fingerprint density at radius 3 is 0.705 bits per heavy atom. The molecule has 0 bridgehead atoms. The van der Waals surface area contributed by atoms with Gasteiger partial charge in [0.15, 0.2) is 0 Å². The summed E-state index contributed by atoms with van der Waals surface area (Å²) in [6.45, 7) is 18.6. The molecule has 4 rings (SSSR count). The molecule has 0 aromatic carbocycles. The van der Waals surface area contributed by atoms with Gasteiger partial charge in [0.05, 0.1) is 10.5 Å². The van der Waals surface area contributed by atoms with Gasteiger partial charge in [0.1, 0.15) is 72.5 Å². The fraction of sp³-hybridized carbons (Fsp3) is 0.791. The zero-order valence-electron chi connectivity index (χ0n) is 74.3. The summed E-state index contributed by atoms with van der Waals surface area (Å²) in [6.07, 6.45) is 18.4. The van der Waals surface area contributed by atoms with Crippen molar-refractivity contribution in [2.24, 2.45) is 0 Å². The number of carbonyl (C=O) groups is 18. The molecule has 34 nitrogen and oxygen atoms in total. The van der Waals surface area contributed by atoms with Crippen molar-refractivity contribution in [3.8, 4) is 0 Å². The molecule has 0 spiro atoms. The molecule has 0 radical (unpaired) electrons. The third-order valence-electron chi connectivity index (χ3n) is 22.3. The molecule has 14 N–H and O–H groups in total. The van der Waals surface area contributed by atoms with Crippen LogP contribution >= 0.6 is 23.5 Å². The van der Waals surface area contributed by atoms with Gasteiger partial charge in [-0.2, -0.15) is 0 Å². The lowest BCUT2D eigenvalue weighted by atomic mass is 10.0. The molecule has 0 saturated carbocycles. The lowest BCUT2D eigenvalue weighted by Gasteiger charge is -2.28. The van der Waals surface area contributed by atoms with E-state index >= 15 is 0 Å². The number of carbonyl (C=O) groups excluding carboxylic acids is 18. The predicted molar refractivity (Wildman–Crippen MR) is 467 cm³/mol. The van der Waals surface area contributed by atoms with Crippen molar-refractivity contribution >= 4 is 130 Å². The molecule has 690 valence electrons. The van der Waals surface area contributed by atoms with Crippen molar-refractivity contribution in [1.29, 1.82) is 0 Å². The van der Waals surface area contributed by atoms with Gasteiger partial charge in [-0.1, -0.05) is 170 Å². The molecule has 0 aliphatic carbocycles. The minimum atomic E-state index is -1.18. The van der Waals surface area contributed by atoms with Crippen LogP contribution in [0.3, 0.4) is 0 Å². The van der Waals surface area contributed by atoms with Gasteiger partial charge in [-0.25, -0.2) is 0 Å². The number of amides is 18. The van der Waals surface area contributed by atoms with Crippen molar-refractivity contribution in [1.82, 2.24) is 84.2 Å². The number of nitrogens with zero attached hydrogens (tertiary/aromatic N) is 2. The summed E-state index contributed by atoms with van der Waals surface area (Å²) >= 11 is 2.44. The highest BCUT2D eigenvalue weighted by atomic mass is 32.2. The average molecular weight is 1760 g/mol. The van der Waals surface area contributed by atoms with Crippen LogP contribution in [0.2, 0.25) is 0 Å². The van der Waals surface area contributed by atoms with Gasteiger partial charge >= 0.3 is 0 Å². The number of unbranched alkanes of at least 4 members (excludes halogenated alkanes) is 17. The summed E-state index contributed by atoms with van der Waals surface area (Å²) in [6, 6.07) is -13.2. The lowest BCUT2D eigenvalue weighted by molar-refractivity contribution is -0.140. The Labute approximate surface area is 730 Å². The van der Waals surface area contributed by atoms with E-state index in [1.165, 1.54) is 61.0 Å². The van der Waals surface area contributed by atoms with E-state index < -0.39 is 154 Å². The minimum Gasteiger partial charge on any atom is -0.356 e. The van der Waals surface area contributed by atoms with E-state index in [1.54, 1.807) is 0 Å². The highest BCUT2D eigenvalue weighted by Crippen LogP contribution is 2.29. The van der Waals surface area contributed by atoms with Crippen LogP contribution in [0.15, 0.2) is 0 Å². The molecule has 36 heteroatoms. The lowest BCUT2D eigenvalue weighted by Crippen LogP contribution is -2.60. The topological polar surface area (TPSA) is 482 Å². The van der Waals surface area contributed by atoms with Crippen molar-refractivity contribution < 1.29 is 86.3 Å². The van der Waals surface area contributed by atoms with E-state index in [1.807, 2.05) is 41.5 Å². The van der Waals surface area contributed by atoms with Crippen LogP contribution in [0.4, 0.5) is 0 Å². The quantitative estimate of drug-likeness (QED) is 0.0280. The molecule has 4 saturated heterocycles. The predicted octanol–water partition coefficient (Wildman–Crippen LogP) is 5.03. The third kappa shape index (κ3) is 39.2. The Balaban J connectivity index is 1.22. The van der Waals surface area contributed by atoms with Gasteiger partial charge in [-0.3, -0.25) is 96.1 Å². The van der Waals surface area contributed by atoms with Crippen LogP contribution in [-0.2, 0) is 86.3 Å². The average Bonchev–Trinajstić information content (AvgIpc) is 1.54. The number of imide groups is 2. The molecule has 4 aliphatic heterocycles. The summed E-state index contributed by atoms with van der Waals surface area (Å²) in [5.41, 5.74) is 0. The van der Waals surface area contributed by atoms with Crippen LogP contribution in [-0.4, -0.2) is 237 Å². The van der Waals surface area contributed by atoms with Crippen LogP contribution in [0, 0.1) is 0 Å². The van der Waals surface area contributed by atoms with Crippen LogP contribution < -0.4 is 74.4 Å². The number of hydrogen-bond acceptors (Lipinski definition) is 20. The molecule has 122 heavy (non-hydrogen) atoms. The second-order valence-corrected chi connectivity index (χ2v) is 35.5. The Kier molecular flexibility index (Phi) is 51.6. The highest BCUT2D eigenvalue weighted by molar-refractivity contribution is 8.00. The maximum Gasteiger partial charge on any atom is 0.243 e. The van der Waals surface area contributed by atoms with Gasteiger partial charge in [0.2, 0.25) is 106 Å². The number of hydrogen-bond donors (Lipinski definition) is 14. The second-order valence-electron chi connectivity index (χ2n) is 32.9. The van der Waals surface area contributed by atoms with E-state index in [4.69, 9.17) is 0 Å². The molecule has 14 atom stereocenters. The Morgan fingerprint density at radius 2 is 0.484 bits per heavy atom. The Hall–Kier alpha value is -8.44. The van der Waals surface area contributed by atoms with Gasteiger partial charge in [-0.05, 0) is 118 Å². The number of rotatable bonds is 49. The number of thioether (sulfide) groups is 2. The van der Waals surface area contributed by atoms with Gasteiger partial charge < -0.3 is 74.4 Å². The van der Waals surface area contributed by atoms with E-state index in [9.17, 15) is 86.3 Å². The highest BCUT2D eigenvalue weighted by Gasteiger charge is 2.42. The molecule has 4 fully saturated rings. The minimum absolute atomic E-state index is 0.0118. The molecule has 18 amide bonds. The van der Waals surface area contributed by atoms with E-state index in [0.717, 1.165) is 77.0 Å². The van der Waals surface area contributed by atoms with Crippen LogP contribution in [0.5, 0.6) is 0 Å². The molecule has 4 heterocycles. The van der Waals surface area contributed by atoms with Crippen molar-refractivity contribution in [2.45, 2.75) is 396 Å². The summed E-state index contributed by atoms with van der Waals surface area (Å²) in [7, 11) is 0. The number of nitrogens with one attached hydrogen (secondary N) is 14. The fourth-order valence-corrected chi connectivity index (χ4v) is 16.9. The van der Waals surface area contributed by atoms with Gasteiger partial charge in [0.25, 0.3) is 0 Å². The molecule has 0 aromatic rings. The van der Waals surface area contributed by atoms with E-state index in [0.29, 0.717) is 89.9 Å². The Morgan fingerprint density at radius 1 is 0.279 bits per heavy atom. The SMILES string of the molecule is CCCCC[C@H]1NC(=O)[C@H](C)NC(=O)[C@@H](CCCCC)NC(=O)[C@H](CCCCNC(=O)CCSC2CC(=O)N(CCCCCCN3C(=O)CC(SCCC(=O)NCCCC[C@@H]4NC(=O)[C@@H](CCCCC)NC(=O)[C@H](C)NC(=O)[C@@H](CCCCC)NC(=O)[C@H](C)NC(=O)[C@@H](CCCCC)NC4=O)C3=O)C2=O)NC(=O)[C@@H](CCCCC)NC(=O)[C@H](C)NC1=O. The first-order valence-corrected chi connectivity index (χ1v) is 47.6. The fourth-order valence-electron chi connectivity index (χ4n) is 14.6. The zero-order chi connectivity index (χ0) is 90.1. The third-order valence-corrected chi connectivity index (χ3v) is 24.8. The molecule has 4 aliphatic rings. The zero-order valence-corrected chi connectivity index (χ0v) is 75.9. The summed E-state index contributed by atoms with van der Waals surface area (Å²) in [5.74, 6) is -8.88. The summed E-state index contributed by atoms with van der Waals surface area (Å²) < 4.78 is 0. The van der Waals surface area contributed by atoms with Crippen molar-refractivity contribution in [3.05, 3.63) is 0 Å². The number of likely N-dealkylation sites (tertiary alicyclic amines) is 2. The van der Waals surface area contributed by atoms with Gasteiger partial charge in [0, 0.05) is 63.4 Å². The summed E-state index contributed by atoms with van der Waals surface area (Å²) in [4.78, 5) is 248. The van der Waals surface area contributed by atoms with Crippen LogP contribution in [0.25, 0.3) is 0 Å². The molecule has 2 unspecified atom stereocenters. The summed E-state index contributed by atoms with van der Waals surface area (Å²) in [5, 5.41) is 37.5. The maximum absolute atomic E-state index is 14.3. The monoisotopic (exact) mass is 1760 g/mol. The molecule has 0 aromatic heterocycles. The van der Waals surface area contributed by atoms with Crippen LogP contribution in [0.1, 0.15) is 313 Å². The smallest absolute Gasteiger partial charge is 0.243 e. The second kappa shape index (κ2) is 59.4.